The van der Waals surface area contributed by atoms with Gasteiger partial charge in [-0.2, -0.15) is 4.39 Å². The van der Waals surface area contributed by atoms with E-state index in [1.54, 1.807) is 6.92 Å². The van der Waals surface area contributed by atoms with E-state index in [-0.39, 0.29) is 11.6 Å². The number of aryl methyl sites for hydroxylation is 1. The average Bonchev–Trinajstić information content (AvgIpc) is 2.50. The Morgan fingerprint density at radius 2 is 1.90 bits per heavy atom. The molecule has 1 aromatic carbocycles. The van der Waals surface area contributed by atoms with Crippen LogP contribution in [0, 0.1) is 11.8 Å². The maximum absolute atomic E-state index is 13.5. The van der Waals surface area contributed by atoms with E-state index in [2.05, 4.69) is 17.2 Å². The van der Waals surface area contributed by atoms with Crippen molar-refractivity contribution in [3.8, 4) is 0 Å². The number of hydrogen-bond donors (Lipinski definition) is 1. The molecule has 0 fully saturated rings. The Hall–Kier alpha value is -2.30. The molecule has 1 atom stereocenters. The fourth-order valence-corrected chi connectivity index (χ4v) is 1.99. The molecule has 3 nitrogen and oxygen atoms in total. The van der Waals surface area contributed by atoms with Crippen LogP contribution in [0.2, 0.25) is 0 Å². The Morgan fingerprint density at radius 3 is 2.52 bits per heavy atom. The summed E-state index contributed by atoms with van der Waals surface area (Å²) in [6.45, 7) is 3.84. The number of halogens is 2. The minimum Gasteiger partial charge on any atom is -0.345 e. The van der Waals surface area contributed by atoms with Gasteiger partial charge in [-0.1, -0.05) is 31.2 Å². The summed E-state index contributed by atoms with van der Waals surface area (Å²) in [7, 11) is 0. The summed E-state index contributed by atoms with van der Waals surface area (Å²) in [4.78, 5) is 15.1. The van der Waals surface area contributed by atoms with Crippen LogP contribution >= 0.6 is 0 Å². The Balaban J connectivity index is 2.12. The molecule has 0 saturated heterocycles. The van der Waals surface area contributed by atoms with Gasteiger partial charge in [-0.05, 0) is 30.5 Å². The first-order chi connectivity index (χ1) is 10.0. The summed E-state index contributed by atoms with van der Waals surface area (Å²) in [6.07, 6.45) is 2.00. The van der Waals surface area contributed by atoms with Crippen LogP contribution in [0.15, 0.2) is 36.5 Å². The van der Waals surface area contributed by atoms with Crippen molar-refractivity contribution in [2.75, 3.05) is 0 Å². The smallest absolute Gasteiger partial charge is 0.254 e. The molecule has 0 aliphatic rings. The van der Waals surface area contributed by atoms with E-state index in [1.165, 1.54) is 5.56 Å². The largest absolute Gasteiger partial charge is 0.345 e. The van der Waals surface area contributed by atoms with Crippen molar-refractivity contribution < 1.29 is 13.6 Å². The topological polar surface area (TPSA) is 42.0 Å². The van der Waals surface area contributed by atoms with Crippen LogP contribution in [0.5, 0.6) is 0 Å². The van der Waals surface area contributed by atoms with Gasteiger partial charge >= 0.3 is 0 Å². The van der Waals surface area contributed by atoms with Crippen molar-refractivity contribution in [1.29, 1.82) is 0 Å². The van der Waals surface area contributed by atoms with Crippen molar-refractivity contribution in [3.63, 3.8) is 0 Å². The molecule has 1 N–H and O–H groups in total. The van der Waals surface area contributed by atoms with Gasteiger partial charge in [0.15, 0.2) is 5.82 Å². The Kier molecular flexibility index (Phi) is 4.62. The molecule has 21 heavy (non-hydrogen) atoms. The normalized spacial score (nSPS) is 12.0. The van der Waals surface area contributed by atoms with E-state index < -0.39 is 17.7 Å². The SMILES string of the molecule is CCc1ccc(C(C)NC(=O)c2ccnc(F)c2F)cc1. The molecule has 0 aliphatic heterocycles. The number of rotatable bonds is 4. The summed E-state index contributed by atoms with van der Waals surface area (Å²) >= 11 is 0. The van der Waals surface area contributed by atoms with Crippen LogP contribution in [0.25, 0.3) is 0 Å². The standard InChI is InChI=1S/C16H16F2N2O/c1-3-11-4-6-12(7-5-11)10(2)20-16(21)13-8-9-19-15(18)14(13)17/h4-10H,3H2,1-2H3,(H,20,21). The number of amides is 1. The lowest BCUT2D eigenvalue weighted by Gasteiger charge is -2.15. The average molecular weight is 290 g/mol. The predicted molar refractivity (Wildman–Crippen MR) is 75.9 cm³/mol. The quantitative estimate of drug-likeness (QED) is 0.877. The highest BCUT2D eigenvalue weighted by Crippen LogP contribution is 2.16. The molecule has 110 valence electrons. The molecular weight excluding hydrogens is 274 g/mol. The lowest BCUT2D eigenvalue weighted by Crippen LogP contribution is -2.27. The third-order valence-electron chi connectivity index (χ3n) is 3.33. The maximum atomic E-state index is 13.5. The van der Waals surface area contributed by atoms with E-state index in [4.69, 9.17) is 0 Å². The van der Waals surface area contributed by atoms with Gasteiger partial charge in [-0.15, -0.1) is 0 Å². The zero-order valence-corrected chi connectivity index (χ0v) is 11.9. The third kappa shape index (κ3) is 3.42. The first-order valence-corrected chi connectivity index (χ1v) is 6.72. The van der Waals surface area contributed by atoms with Crippen LogP contribution in [0.4, 0.5) is 8.78 Å². The summed E-state index contributed by atoms with van der Waals surface area (Å²) in [5.74, 6) is -3.17. The zero-order chi connectivity index (χ0) is 15.4. The monoisotopic (exact) mass is 290 g/mol. The van der Waals surface area contributed by atoms with Crippen molar-refractivity contribution in [3.05, 3.63) is 65.0 Å². The van der Waals surface area contributed by atoms with Gasteiger partial charge in [-0.25, -0.2) is 9.37 Å². The van der Waals surface area contributed by atoms with Crippen LogP contribution in [-0.4, -0.2) is 10.9 Å². The van der Waals surface area contributed by atoms with Gasteiger partial charge in [0.2, 0.25) is 5.95 Å². The summed E-state index contributed by atoms with van der Waals surface area (Å²) < 4.78 is 26.5. The minimum absolute atomic E-state index is 0.306. The van der Waals surface area contributed by atoms with Crippen LogP contribution in [-0.2, 0) is 6.42 Å². The summed E-state index contributed by atoms with van der Waals surface area (Å²) in [5.41, 5.74) is 1.74. The highest BCUT2D eigenvalue weighted by atomic mass is 19.2. The summed E-state index contributed by atoms with van der Waals surface area (Å²) in [5, 5.41) is 2.64. The fourth-order valence-electron chi connectivity index (χ4n) is 1.99. The number of carbonyl (C=O) groups excluding carboxylic acids is 1. The van der Waals surface area contributed by atoms with Crippen LogP contribution in [0.1, 0.15) is 41.4 Å². The molecule has 2 rings (SSSR count). The minimum atomic E-state index is -1.28. The molecule has 1 amide bonds. The molecule has 2 aromatic rings. The number of benzene rings is 1. The van der Waals surface area contributed by atoms with E-state index in [1.807, 2.05) is 24.3 Å². The van der Waals surface area contributed by atoms with E-state index in [0.717, 1.165) is 24.2 Å². The first-order valence-electron chi connectivity index (χ1n) is 6.72. The lowest BCUT2D eigenvalue weighted by molar-refractivity contribution is 0.0934. The molecule has 5 heteroatoms. The number of carbonyl (C=O) groups is 1. The number of nitrogens with one attached hydrogen (secondary N) is 1. The number of hydrogen-bond acceptors (Lipinski definition) is 2. The van der Waals surface area contributed by atoms with Gasteiger partial charge in [0, 0.05) is 6.20 Å². The Labute approximate surface area is 122 Å². The van der Waals surface area contributed by atoms with Gasteiger partial charge < -0.3 is 5.32 Å². The molecule has 0 bridgehead atoms. The van der Waals surface area contributed by atoms with Crippen LogP contribution < -0.4 is 5.32 Å². The second-order valence-corrected chi connectivity index (χ2v) is 4.75. The number of nitrogens with zero attached hydrogens (tertiary/aromatic N) is 1. The molecular formula is C16H16F2N2O. The third-order valence-corrected chi connectivity index (χ3v) is 3.33. The molecule has 1 heterocycles. The second kappa shape index (κ2) is 6.43. The second-order valence-electron chi connectivity index (χ2n) is 4.75. The van der Waals surface area contributed by atoms with Gasteiger partial charge in [0.1, 0.15) is 0 Å². The van der Waals surface area contributed by atoms with E-state index in [9.17, 15) is 13.6 Å². The van der Waals surface area contributed by atoms with E-state index in [0.29, 0.717) is 0 Å². The zero-order valence-electron chi connectivity index (χ0n) is 11.9. The van der Waals surface area contributed by atoms with E-state index >= 15 is 0 Å². The van der Waals surface area contributed by atoms with Crippen molar-refractivity contribution in [1.82, 2.24) is 10.3 Å². The van der Waals surface area contributed by atoms with Gasteiger partial charge in [-0.3, -0.25) is 4.79 Å². The Morgan fingerprint density at radius 1 is 1.24 bits per heavy atom. The van der Waals surface area contributed by atoms with Gasteiger partial charge in [0.05, 0.1) is 11.6 Å². The Bertz CT molecular complexity index is 641. The highest BCUT2D eigenvalue weighted by Gasteiger charge is 2.18. The predicted octanol–water partition coefficient (Wildman–Crippen LogP) is 3.41. The van der Waals surface area contributed by atoms with Crippen LogP contribution in [0.3, 0.4) is 0 Å². The van der Waals surface area contributed by atoms with Crippen molar-refractivity contribution in [2.45, 2.75) is 26.3 Å². The maximum Gasteiger partial charge on any atom is 0.254 e. The van der Waals surface area contributed by atoms with Crippen molar-refractivity contribution in [2.24, 2.45) is 0 Å². The number of pyridine rings is 1. The first kappa shape index (κ1) is 15.1. The van der Waals surface area contributed by atoms with Gasteiger partial charge in [0.25, 0.3) is 5.91 Å². The summed E-state index contributed by atoms with van der Waals surface area (Å²) in [6, 6.07) is 8.62. The van der Waals surface area contributed by atoms with Crippen molar-refractivity contribution >= 4 is 5.91 Å². The lowest BCUT2D eigenvalue weighted by atomic mass is 10.0. The molecule has 0 spiro atoms. The fraction of sp³-hybridized carbons (Fsp3) is 0.250. The number of aromatic nitrogens is 1. The molecule has 1 unspecified atom stereocenters. The molecule has 1 aromatic heterocycles. The molecule has 0 saturated carbocycles. The molecule has 0 aliphatic carbocycles. The molecule has 0 radical (unpaired) electrons. The highest BCUT2D eigenvalue weighted by molar-refractivity contribution is 5.94.